The lowest BCUT2D eigenvalue weighted by Crippen LogP contribution is -2.55. The monoisotopic (exact) mass is 787 g/mol. The van der Waals surface area contributed by atoms with Crippen LogP contribution in [0.1, 0.15) is 43.2 Å². The van der Waals surface area contributed by atoms with Crippen molar-refractivity contribution in [1.29, 1.82) is 0 Å². The molecule has 0 saturated heterocycles. The Hall–Kier alpha value is -6.22. The Balaban J connectivity index is 0.978. The Morgan fingerprint density at radius 1 is 0.400 bits per heavy atom. The molecule has 1 heterocycles. The molecule has 1 spiro atoms. The summed E-state index contributed by atoms with van der Waals surface area (Å²) >= 11 is 1.88. The summed E-state index contributed by atoms with van der Waals surface area (Å²) in [5, 5.41) is 2.68. The summed E-state index contributed by atoms with van der Waals surface area (Å²) in [4.78, 5) is 2.54. The topological polar surface area (TPSA) is 3.24 Å². The van der Waals surface area contributed by atoms with Gasteiger partial charge in [0.15, 0.2) is 0 Å². The van der Waals surface area contributed by atoms with E-state index in [2.05, 4.69) is 193 Å². The van der Waals surface area contributed by atoms with Crippen LogP contribution in [0.2, 0.25) is 0 Å². The number of fused-ring (bicyclic) bond motifs is 6. The molecule has 2 heteroatoms. The number of para-hydroxylation sites is 1. The maximum absolute atomic E-state index is 2.63. The lowest BCUT2D eigenvalue weighted by atomic mass is 9.43. The highest BCUT2D eigenvalue weighted by molar-refractivity contribution is 7.25. The van der Waals surface area contributed by atoms with Crippen molar-refractivity contribution in [2.45, 2.75) is 37.5 Å². The number of hydrogen-bond acceptors (Lipinski definition) is 2. The Morgan fingerprint density at radius 3 is 1.78 bits per heavy atom. The third kappa shape index (κ3) is 5.04. The fraction of sp³-hybridized carbons (Fsp3) is 0.172. The first kappa shape index (κ1) is 34.6. The maximum Gasteiger partial charge on any atom is 0.0540 e. The molecule has 0 N–H and O–H groups in total. The van der Waals surface area contributed by atoms with Crippen LogP contribution in [0, 0.1) is 23.7 Å². The minimum Gasteiger partial charge on any atom is -0.310 e. The standard InChI is InChI=1S/C58H45NS/c1-2-13-39(14-3-1)46-16-7-10-22-54(46)59(44-29-30-49-48-18-6-9-21-52(48)58(53(49)36-44)41-32-37-31-38(34-41)35-42(58)33-37)43-27-25-40(26-28-43)45-15-4-5-17-47(45)50-20-12-24-56-57(50)51-19-8-11-23-55(51)60-56/h1-30,36-38,41-42H,31-35H2. The van der Waals surface area contributed by atoms with Gasteiger partial charge in [0.1, 0.15) is 0 Å². The Labute approximate surface area is 356 Å². The van der Waals surface area contributed by atoms with Crippen LogP contribution < -0.4 is 4.90 Å². The Bertz CT molecular complexity index is 3090. The van der Waals surface area contributed by atoms with E-state index in [1.807, 2.05) is 11.3 Å². The number of benzene rings is 8. The molecule has 0 aliphatic heterocycles. The van der Waals surface area contributed by atoms with E-state index in [-0.39, 0.29) is 5.41 Å². The smallest absolute Gasteiger partial charge is 0.0540 e. The summed E-state index contributed by atoms with van der Waals surface area (Å²) in [6.07, 6.45) is 6.98. The fourth-order valence-corrected chi connectivity index (χ4v) is 14.1. The summed E-state index contributed by atoms with van der Waals surface area (Å²) in [5.41, 5.74) is 17.3. The van der Waals surface area contributed by atoms with E-state index in [0.717, 1.165) is 11.8 Å². The van der Waals surface area contributed by atoms with Gasteiger partial charge in [-0.1, -0.05) is 146 Å². The van der Waals surface area contributed by atoms with E-state index in [0.29, 0.717) is 11.8 Å². The Morgan fingerprint density at radius 2 is 0.983 bits per heavy atom. The van der Waals surface area contributed by atoms with E-state index < -0.39 is 0 Å². The molecule has 9 aromatic rings. The van der Waals surface area contributed by atoms with E-state index in [1.54, 1.807) is 11.1 Å². The predicted molar refractivity (Wildman–Crippen MR) is 254 cm³/mol. The van der Waals surface area contributed by atoms with Crippen LogP contribution >= 0.6 is 11.3 Å². The highest BCUT2D eigenvalue weighted by atomic mass is 32.1. The van der Waals surface area contributed by atoms with Crippen molar-refractivity contribution in [3.05, 3.63) is 199 Å². The van der Waals surface area contributed by atoms with E-state index >= 15 is 0 Å². The third-order valence-corrected chi connectivity index (χ3v) is 16.2. The first-order valence-corrected chi connectivity index (χ1v) is 22.8. The zero-order valence-corrected chi connectivity index (χ0v) is 34.4. The molecule has 0 atom stereocenters. The minimum absolute atomic E-state index is 0.101. The number of thiophene rings is 1. The second-order valence-electron chi connectivity index (χ2n) is 18.0. The van der Waals surface area contributed by atoms with E-state index in [9.17, 15) is 0 Å². The molecule has 1 nitrogen and oxygen atoms in total. The molecule has 60 heavy (non-hydrogen) atoms. The molecule has 8 aromatic carbocycles. The second kappa shape index (κ2) is 13.4. The molecule has 0 radical (unpaired) electrons. The molecule has 5 aliphatic rings. The molecule has 1 aromatic heterocycles. The van der Waals surface area contributed by atoms with Crippen molar-refractivity contribution < 1.29 is 0 Å². The summed E-state index contributed by atoms with van der Waals surface area (Å²) in [5.74, 6) is 3.25. The summed E-state index contributed by atoms with van der Waals surface area (Å²) in [6.45, 7) is 0. The van der Waals surface area contributed by atoms with Crippen LogP contribution in [-0.4, -0.2) is 0 Å². The van der Waals surface area contributed by atoms with Crippen LogP contribution in [0.25, 0.3) is 64.7 Å². The van der Waals surface area contributed by atoms with Gasteiger partial charge in [0, 0.05) is 42.5 Å². The van der Waals surface area contributed by atoms with Crippen molar-refractivity contribution in [3.63, 3.8) is 0 Å². The van der Waals surface area contributed by atoms with E-state index in [1.165, 1.54) is 114 Å². The number of hydrogen-bond donors (Lipinski definition) is 0. The van der Waals surface area contributed by atoms with Crippen LogP contribution in [0.3, 0.4) is 0 Å². The van der Waals surface area contributed by atoms with Gasteiger partial charge in [-0.2, -0.15) is 0 Å². The predicted octanol–water partition coefficient (Wildman–Crippen LogP) is 16.2. The normalized spacial score (nSPS) is 22.1. The van der Waals surface area contributed by atoms with Crippen molar-refractivity contribution >= 4 is 48.6 Å². The van der Waals surface area contributed by atoms with Crippen molar-refractivity contribution in [3.8, 4) is 44.5 Å². The SMILES string of the molecule is c1ccc(-c2ccccc2N(c2ccc(-c3ccccc3-c3cccc4sc5ccccc5c34)cc2)c2ccc3c(c2)C2(c4ccccc4-3)C3CC4CC(C3)CC2C4)cc1. The van der Waals surface area contributed by atoms with E-state index in [4.69, 9.17) is 0 Å². The summed E-state index contributed by atoms with van der Waals surface area (Å²) in [7, 11) is 0. The zero-order valence-electron chi connectivity index (χ0n) is 33.6. The number of rotatable bonds is 6. The second-order valence-corrected chi connectivity index (χ2v) is 19.1. The fourth-order valence-electron chi connectivity index (χ4n) is 13.0. The molecule has 4 saturated carbocycles. The zero-order chi connectivity index (χ0) is 39.4. The first-order valence-electron chi connectivity index (χ1n) is 22.0. The van der Waals surface area contributed by atoms with Gasteiger partial charge in [-0.05, 0) is 148 Å². The number of anilines is 3. The summed E-state index contributed by atoms with van der Waals surface area (Å²) in [6, 6.07) is 70.9. The molecule has 5 aliphatic carbocycles. The van der Waals surface area contributed by atoms with Crippen molar-refractivity contribution in [1.82, 2.24) is 0 Å². The average Bonchev–Trinajstić information content (AvgIpc) is 3.83. The number of nitrogens with zero attached hydrogens (tertiary/aromatic N) is 1. The van der Waals surface area contributed by atoms with Gasteiger partial charge in [-0.3, -0.25) is 0 Å². The molecule has 288 valence electrons. The van der Waals surface area contributed by atoms with Crippen LogP contribution in [0.15, 0.2) is 188 Å². The molecular formula is C58H45NS. The molecule has 0 unspecified atom stereocenters. The van der Waals surface area contributed by atoms with Gasteiger partial charge in [0.05, 0.1) is 5.69 Å². The average molecular weight is 788 g/mol. The largest absolute Gasteiger partial charge is 0.310 e. The van der Waals surface area contributed by atoms with Gasteiger partial charge < -0.3 is 4.90 Å². The Kier molecular flexibility index (Phi) is 7.73. The van der Waals surface area contributed by atoms with Crippen molar-refractivity contribution in [2.75, 3.05) is 4.90 Å². The lowest BCUT2D eigenvalue weighted by Gasteiger charge is -2.61. The van der Waals surface area contributed by atoms with Gasteiger partial charge >= 0.3 is 0 Å². The maximum atomic E-state index is 2.63. The molecule has 4 fully saturated rings. The van der Waals surface area contributed by atoms with Crippen LogP contribution in [0.5, 0.6) is 0 Å². The molecular weight excluding hydrogens is 743 g/mol. The third-order valence-electron chi connectivity index (χ3n) is 15.1. The van der Waals surface area contributed by atoms with Crippen molar-refractivity contribution in [2.24, 2.45) is 23.7 Å². The van der Waals surface area contributed by atoms with Gasteiger partial charge in [-0.15, -0.1) is 11.3 Å². The highest BCUT2D eigenvalue weighted by Gasteiger charge is 2.61. The minimum atomic E-state index is 0.101. The quantitative estimate of drug-likeness (QED) is 0.162. The lowest BCUT2D eigenvalue weighted by molar-refractivity contribution is -0.0399. The highest BCUT2D eigenvalue weighted by Crippen LogP contribution is 2.69. The first-order chi connectivity index (χ1) is 29.7. The summed E-state index contributed by atoms with van der Waals surface area (Å²) < 4.78 is 2.67. The molecule has 0 amide bonds. The van der Waals surface area contributed by atoms with Gasteiger partial charge in [0.25, 0.3) is 0 Å². The molecule has 14 rings (SSSR count). The van der Waals surface area contributed by atoms with Crippen LogP contribution in [0.4, 0.5) is 17.1 Å². The van der Waals surface area contributed by atoms with Gasteiger partial charge in [0.2, 0.25) is 0 Å². The molecule has 4 bridgehead atoms. The van der Waals surface area contributed by atoms with Gasteiger partial charge in [-0.25, -0.2) is 0 Å². The van der Waals surface area contributed by atoms with Crippen LogP contribution in [-0.2, 0) is 5.41 Å².